The van der Waals surface area contributed by atoms with Crippen molar-refractivity contribution >= 4 is 0 Å². The van der Waals surface area contributed by atoms with Gasteiger partial charge in [-0.25, -0.2) is 0 Å². The lowest BCUT2D eigenvalue weighted by Crippen LogP contribution is -2.15. The molecule has 1 rings (SSSR count). The highest BCUT2D eigenvalue weighted by Gasteiger charge is 2.02. The second kappa shape index (κ2) is 4.03. The summed E-state index contributed by atoms with van der Waals surface area (Å²) in [4.78, 5) is 0. The quantitative estimate of drug-likeness (QED) is 0.717. The van der Waals surface area contributed by atoms with E-state index < -0.39 is 6.10 Å². The van der Waals surface area contributed by atoms with Gasteiger partial charge in [-0.15, -0.1) is 0 Å². The SMILES string of the molecule is CCC(O)COc1ccco1. The van der Waals surface area contributed by atoms with E-state index in [1.54, 1.807) is 12.1 Å². The summed E-state index contributed by atoms with van der Waals surface area (Å²) in [6.45, 7) is 2.19. The van der Waals surface area contributed by atoms with E-state index in [2.05, 4.69) is 0 Å². The van der Waals surface area contributed by atoms with Crippen molar-refractivity contribution in [3.05, 3.63) is 18.4 Å². The van der Waals surface area contributed by atoms with E-state index in [1.165, 1.54) is 6.26 Å². The standard InChI is InChI=1S/C8H12O3/c1-2-7(9)6-11-8-4-3-5-10-8/h3-5,7,9H,2,6H2,1H3. The Morgan fingerprint density at radius 3 is 3.09 bits per heavy atom. The van der Waals surface area contributed by atoms with Crippen LogP contribution in [-0.4, -0.2) is 17.8 Å². The number of rotatable bonds is 4. The molecule has 3 heteroatoms. The first kappa shape index (κ1) is 8.14. The summed E-state index contributed by atoms with van der Waals surface area (Å²) >= 11 is 0. The first-order chi connectivity index (χ1) is 5.33. The maximum Gasteiger partial charge on any atom is 0.284 e. The fourth-order valence-corrected chi connectivity index (χ4v) is 0.642. The Hall–Kier alpha value is -0.960. The number of ether oxygens (including phenoxy) is 1. The van der Waals surface area contributed by atoms with Crippen LogP contribution in [0.15, 0.2) is 22.8 Å². The normalized spacial score (nSPS) is 12.9. The highest BCUT2D eigenvalue weighted by atomic mass is 16.6. The number of furan rings is 1. The summed E-state index contributed by atoms with van der Waals surface area (Å²) in [5, 5.41) is 9.09. The molecule has 1 N–H and O–H groups in total. The smallest absolute Gasteiger partial charge is 0.284 e. The van der Waals surface area contributed by atoms with Crippen LogP contribution in [0, 0.1) is 0 Å². The van der Waals surface area contributed by atoms with Crippen LogP contribution >= 0.6 is 0 Å². The molecule has 1 aromatic heterocycles. The summed E-state index contributed by atoms with van der Waals surface area (Å²) in [6.07, 6.45) is 1.83. The summed E-state index contributed by atoms with van der Waals surface area (Å²) in [7, 11) is 0. The van der Waals surface area contributed by atoms with Crippen LogP contribution in [0.25, 0.3) is 0 Å². The van der Waals surface area contributed by atoms with Crippen molar-refractivity contribution in [1.82, 2.24) is 0 Å². The monoisotopic (exact) mass is 156 g/mol. The van der Waals surface area contributed by atoms with Gasteiger partial charge in [0, 0.05) is 6.07 Å². The molecule has 0 aromatic carbocycles. The van der Waals surface area contributed by atoms with Crippen LogP contribution in [0.5, 0.6) is 5.95 Å². The molecule has 1 heterocycles. The summed E-state index contributed by atoms with van der Waals surface area (Å²) < 4.78 is 9.98. The molecule has 3 nitrogen and oxygen atoms in total. The van der Waals surface area contributed by atoms with Crippen molar-refractivity contribution in [2.45, 2.75) is 19.4 Å². The van der Waals surface area contributed by atoms with Crippen molar-refractivity contribution in [2.75, 3.05) is 6.61 Å². The minimum atomic E-state index is -0.403. The molecule has 0 saturated carbocycles. The van der Waals surface area contributed by atoms with Crippen LogP contribution in [0.4, 0.5) is 0 Å². The van der Waals surface area contributed by atoms with Gasteiger partial charge in [-0.05, 0) is 12.5 Å². The van der Waals surface area contributed by atoms with Gasteiger partial charge in [0.1, 0.15) is 6.61 Å². The number of hydrogen-bond donors (Lipinski definition) is 1. The van der Waals surface area contributed by atoms with E-state index in [0.717, 1.165) is 0 Å². The van der Waals surface area contributed by atoms with Gasteiger partial charge in [-0.3, -0.25) is 0 Å². The Balaban J connectivity index is 2.23. The molecular weight excluding hydrogens is 144 g/mol. The number of hydrogen-bond acceptors (Lipinski definition) is 3. The summed E-state index contributed by atoms with van der Waals surface area (Å²) in [5.74, 6) is 0.456. The lowest BCUT2D eigenvalue weighted by Gasteiger charge is -2.06. The van der Waals surface area contributed by atoms with Crippen LogP contribution < -0.4 is 4.74 Å². The first-order valence-electron chi connectivity index (χ1n) is 3.67. The van der Waals surface area contributed by atoms with E-state index in [1.807, 2.05) is 6.92 Å². The fourth-order valence-electron chi connectivity index (χ4n) is 0.642. The molecule has 0 aliphatic carbocycles. The first-order valence-corrected chi connectivity index (χ1v) is 3.67. The predicted octanol–water partition coefficient (Wildman–Crippen LogP) is 1.43. The maximum atomic E-state index is 9.09. The van der Waals surface area contributed by atoms with Gasteiger partial charge in [0.2, 0.25) is 0 Å². The maximum absolute atomic E-state index is 9.09. The minimum absolute atomic E-state index is 0.296. The molecule has 0 spiro atoms. The summed E-state index contributed by atoms with van der Waals surface area (Å²) in [6, 6.07) is 3.45. The highest BCUT2D eigenvalue weighted by Crippen LogP contribution is 2.10. The second-order valence-electron chi connectivity index (χ2n) is 2.31. The Morgan fingerprint density at radius 2 is 2.55 bits per heavy atom. The minimum Gasteiger partial charge on any atom is -0.462 e. The molecule has 1 atom stereocenters. The van der Waals surface area contributed by atoms with Gasteiger partial charge < -0.3 is 14.3 Å². The number of aliphatic hydroxyl groups is 1. The molecule has 0 aliphatic heterocycles. The van der Waals surface area contributed by atoms with Crippen molar-refractivity contribution in [3.63, 3.8) is 0 Å². The number of aliphatic hydroxyl groups excluding tert-OH is 1. The highest BCUT2D eigenvalue weighted by molar-refractivity contribution is 5.03. The molecule has 0 amide bonds. The Bertz CT molecular complexity index is 181. The molecule has 0 fully saturated rings. The molecule has 0 saturated heterocycles. The van der Waals surface area contributed by atoms with E-state index in [9.17, 15) is 0 Å². The zero-order valence-electron chi connectivity index (χ0n) is 6.49. The largest absolute Gasteiger partial charge is 0.462 e. The van der Waals surface area contributed by atoms with Crippen LogP contribution in [-0.2, 0) is 0 Å². The van der Waals surface area contributed by atoms with E-state index >= 15 is 0 Å². The lowest BCUT2D eigenvalue weighted by molar-refractivity contribution is 0.0900. The molecule has 11 heavy (non-hydrogen) atoms. The van der Waals surface area contributed by atoms with Crippen molar-refractivity contribution in [2.24, 2.45) is 0 Å². The van der Waals surface area contributed by atoms with Crippen LogP contribution in [0.3, 0.4) is 0 Å². The van der Waals surface area contributed by atoms with E-state index in [-0.39, 0.29) is 0 Å². The van der Waals surface area contributed by atoms with E-state index in [4.69, 9.17) is 14.3 Å². The zero-order chi connectivity index (χ0) is 8.10. The summed E-state index contributed by atoms with van der Waals surface area (Å²) in [5.41, 5.74) is 0. The van der Waals surface area contributed by atoms with Crippen molar-refractivity contribution < 1.29 is 14.3 Å². The molecule has 1 unspecified atom stereocenters. The molecule has 0 aliphatic rings. The molecule has 62 valence electrons. The third kappa shape index (κ3) is 2.63. The Kier molecular flexibility index (Phi) is 2.98. The van der Waals surface area contributed by atoms with Gasteiger partial charge in [-0.2, -0.15) is 0 Å². The van der Waals surface area contributed by atoms with Gasteiger partial charge in [0.25, 0.3) is 5.95 Å². The van der Waals surface area contributed by atoms with E-state index in [0.29, 0.717) is 19.0 Å². The second-order valence-corrected chi connectivity index (χ2v) is 2.31. The topological polar surface area (TPSA) is 42.6 Å². The van der Waals surface area contributed by atoms with Gasteiger partial charge in [0.15, 0.2) is 0 Å². The zero-order valence-corrected chi connectivity index (χ0v) is 6.49. The molecule has 0 bridgehead atoms. The van der Waals surface area contributed by atoms with Crippen molar-refractivity contribution in [3.8, 4) is 5.95 Å². The average Bonchev–Trinajstić information content (AvgIpc) is 2.52. The van der Waals surface area contributed by atoms with Crippen molar-refractivity contribution in [1.29, 1.82) is 0 Å². The fraction of sp³-hybridized carbons (Fsp3) is 0.500. The molecule has 1 aromatic rings. The Morgan fingerprint density at radius 1 is 1.73 bits per heavy atom. The third-order valence-corrected chi connectivity index (χ3v) is 1.38. The van der Waals surface area contributed by atoms with Crippen LogP contribution in [0.2, 0.25) is 0 Å². The molecule has 0 radical (unpaired) electrons. The van der Waals surface area contributed by atoms with Gasteiger partial charge in [-0.1, -0.05) is 6.92 Å². The predicted molar refractivity (Wildman–Crippen MR) is 40.5 cm³/mol. The van der Waals surface area contributed by atoms with Crippen LogP contribution in [0.1, 0.15) is 13.3 Å². The Labute approximate surface area is 65.6 Å². The molecular formula is C8H12O3. The third-order valence-electron chi connectivity index (χ3n) is 1.38. The lowest BCUT2D eigenvalue weighted by atomic mass is 10.3. The average molecular weight is 156 g/mol. The van der Waals surface area contributed by atoms with Gasteiger partial charge in [0.05, 0.1) is 12.4 Å². The van der Waals surface area contributed by atoms with Gasteiger partial charge >= 0.3 is 0 Å².